The zero-order chi connectivity index (χ0) is 57.8. The van der Waals surface area contributed by atoms with E-state index in [1.807, 2.05) is 74.6 Å². The average molecular weight is 1160 g/mol. The van der Waals surface area contributed by atoms with Crippen LogP contribution in [0.5, 0.6) is 0 Å². The maximum absolute atomic E-state index is 14.9. The number of carbonyl (C=O) groups is 2. The quantitative estimate of drug-likeness (QED) is 0.0922. The van der Waals surface area contributed by atoms with Crippen LogP contribution in [0.3, 0.4) is 0 Å². The molecular formula is C60H74F4N14O6. The molecule has 4 aromatic rings. The van der Waals surface area contributed by atoms with Crippen LogP contribution in [0, 0.1) is 13.8 Å². The Bertz CT molecular complexity index is 3250. The van der Waals surface area contributed by atoms with E-state index in [9.17, 15) is 27.2 Å². The number of rotatable bonds is 14. The normalized spacial score (nSPS) is 26.9. The first-order valence-electron chi connectivity index (χ1n) is 29.9. The molecule has 10 aliphatic rings. The minimum atomic E-state index is -2.75. The number of methoxy groups -OCH3 is 1. The summed E-state index contributed by atoms with van der Waals surface area (Å²) in [5.41, 5.74) is 5.09. The Kier molecular flexibility index (Phi) is 14.4. The van der Waals surface area contributed by atoms with E-state index in [0.717, 1.165) is 85.9 Å². The van der Waals surface area contributed by atoms with Gasteiger partial charge in [-0.25, -0.2) is 27.5 Å². The molecule has 0 saturated carbocycles. The number of hydrogen-bond acceptors (Lipinski definition) is 16. The lowest BCUT2D eigenvalue weighted by Crippen LogP contribution is -2.69. The first-order valence-corrected chi connectivity index (χ1v) is 29.9. The lowest BCUT2D eigenvalue weighted by molar-refractivity contribution is -0.129. The monoisotopic (exact) mass is 1160 g/mol. The number of amides is 2. The van der Waals surface area contributed by atoms with Crippen molar-refractivity contribution >= 4 is 40.9 Å². The van der Waals surface area contributed by atoms with Crippen LogP contribution < -0.4 is 19.6 Å². The molecule has 6 saturated heterocycles. The van der Waals surface area contributed by atoms with Crippen molar-refractivity contribution < 1.29 is 46.1 Å². The summed E-state index contributed by atoms with van der Waals surface area (Å²) in [6, 6.07) is 4.56. The summed E-state index contributed by atoms with van der Waals surface area (Å²) in [4.78, 5) is 52.2. The van der Waals surface area contributed by atoms with Gasteiger partial charge in [0.25, 0.3) is 12.9 Å². The van der Waals surface area contributed by atoms with Crippen molar-refractivity contribution in [3.8, 4) is 0 Å². The van der Waals surface area contributed by atoms with Crippen LogP contribution in [0.15, 0.2) is 55.4 Å². The first-order chi connectivity index (χ1) is 40.7. The molecule has 0 radical (unpaired) electrons. The molecule has 4 aromatic heterocycles. The number of aromatic nitrogens is 6. The van der Waals surface area contributed by atoms with E-state index in [1.54, 1.807) is 19.3 Å². The second-order valence-corrected chi connectivity index (χ2v) is 24.6. The van der Waals surface area contributed by atoms with Crippen molar-refractivity contribution in [2.24, 2.45) is 0 Å². The van der Waals surface area contributed by atoms with Crippen molar-refractivity contribution in [1.29, 1.82) is 0 Å². The van der Waals surface area contributed by atoms with Gasteiger partial charge in [0.05, 0.1) is 101 Å². The van der Waals surface area contributed by atoms with Gasteiger partial charge in [-0.05, 0) is 56.7 Å². The number of halogens is 4. The molecule has 14 heterocycles. The van der Waals surface area contributed by atoms with Crippen molar-refractivity contribution in [2.45, 2.75) is 99.8 Å². The number of piperazine rings is 2. The van der Waals surface area contributed by atoms with Gasteiger partial charge in [0.1, 0.15) is 34.2 Å². The minimum Gasteiger partial charge on any atom is -0.382 e. The van der Waals surface area contributed by atoms with Crippen LogP contribution in [0.4, 0.5) is 40.6 Å². The highest BCUT2D eigenvalue weighted by molar-refractivity contribution is 5.88. The Hall–Kier alpha value is -6.44. The third kappa shape index (κ3) is 9.30. The standard InChI is InChI=1S/C60H74F4N14O6/c1-5-51(79)71-18-14-69(15-19-71)47-27-75-43(47)11-6-9-41-45(75)24-50(68-54(41)58(63)64)74-35-60(36-74)56-38(3)26-66-78(56)40(32-84-60)30-82-22-8-13-52(80)72-20-16-70(17-21-72)48-28-76-44(48)12-7-10-42-46(76)23-49(67-53(42)57(61)62)73-33-59(34-73)55-37(2)25-65-77(55)39(29-81-4)31-83-59/h5-6,8-9,13,23-26,39-40,43-44,47-48,57-58H,1,7,10-12,14-22,27-36H2,2-4H3/b13-8+/t39?,40?,43?,44?,47-,48?/m1/s1. The third-order valence-corrected chi connectivity index (χ3v) is 19.8. The average Bonchev–Trinajstić information content (AvgIpc) is 1.85. The van der Waals surface area contributed by atoms with Gasteiger partial charge in [0, 0.05) is 132 Å². The molecule has 0 N–H and O–H groups in total. The van der Waals surface area contributed by atoms with E-state index < -0.39 is 24.1 Å². The molecule has 0 bridgehead atoms. The third-order valence-electron chi connectivity index (χ3n) is 19.8. The maximum atomic E-state index is 14.9. The molecule has 448 valence electrons. The Morgan fingerprint density at radius 1 is 0.726 bits per heavy atom. The molecule has 6 fully saturated rings. The molecule has 6 atom stereocenters. The van der Waals surface area contributed by atoms with E-state index in [0.29, 0.717) is 115 Å². The molecule has 20 nitrogen and oxygen atoms in total. The number of anilines is 4. The van der Waals surface area contributed by atoms with Gasteiger partial charge in [-0.2, -0.15) is 10.2 Å². The van der Waals surface area contributed by atoms with Crippen molar-refractivity contribution in [2.75, 3.05) is 151 Å². The molecule has 0 aliphatic carbocycles. The Labute approximate surface area is 486 Å². The summed E-state index contributed by atoms with van der Waals surface area (Å²) < 4.78 is 88.2. The molecule has 24 heteroatoms. The lowest BCUT2D eigenvalue weighted by Gasteiger charge is -2.55. The molecule has 5 unspecified atom stereocenters. The van der Waals surface area contributed by atoms with Crippen molar-refractivity contribution in [1.82, 2.24) is 49.1 Å². The smallest absolute Gasteiger partial charge is 0.281 e. The summed E-state index contributed by atoms with van der Waals surface area (Å²) in [6.45, 7) is 18.2. The number of hydrogen-bond donors (Lipinski definition) is 0. The van der Waals surface area contributed by atoms with Gasteiger partial charge >= 0.3 is 0 Å². The van der Waals surface area contributed by atoms with E-state index in [-0.39, 0.29) is 66.1 Å². The predicted molar refractivity (Wildman–Crippen MR) is 305 cm³/mol. The topological polar surface area (TPSA) is 158 Å². The first kappa shape index (κ1) is 55.4. The predicted octanol–water partition coefficient (Wildman–Crippen LogP) is 5.20. The van der Waals surface area contributed by atoms with Gasteiger partial charge in [-0.3, -0.25) is 28.8 Å². The molecule has 0 aromatic carbocycles. The van der Waals surface area contributed by atoms with Crippen LogP contribution in [0.25, 0.3) is 6.08 Å². The number of nitrogens with zero attached hydrogens (tertiary/aromatic N) is 14. The second-order valence-electron chi connectivity index (χ2n) is 24.6. The van der Waals surface area contributed by atoms with Crippen LogP contribution in [-0.4, -0.2) is 217 Å². The van der Waals surface area contributed by atoms with Gasteiger partial charge in [0.15, 0.2) is 0 Å². The van der Waals surface area contributed by atoms with Gasteiger partial charge in [-0.1, -0.05) is 24.8 Å². The molecule has 2 spiro atoms. The van der Waals surface area contributed by atoms with Gasteiger partial charge in [0.2, 0.25) is 11.8 Å². The summed E-state index contributed by atoms with van der Waals surface area (Å²) in [7, 11) is 1.67. The number of carbonyl (C=O) groups excluding carboxylic acids is 2. The fourth-order valence-corrected chi connectivity index (χ4v) is 15.4. The van der Waals surface area contributed by atoms with Gasteiger partial charge in [-0.15, -0.1) is 0 Å². The number of ether oxygens (including phenoxy) is 4. The van der Waals surface area contributed by atoms with Gasteiger partial charge < -0.3 is 48.3 Å². The lowest BCUT2D eigenvalue weighted by atomic mass is 9.86. The van der Waals surface area contributed by atoms with Crippen LogP contribution in [-0.2, 0) is 46.2 Å². The molecule has 2 amide bonds. The minimum absolute atomic E-state index is 0.0293. The van der Waals surface area contributed by atoms with E-state index >= 15 is 0 Å². The highest BCUT2D eigenvalue weighted by Gasteiger charge is 2.55. The Balaban J connectivity index is 0.559. The zero-order valence-corrected chi connectivity index (χ0v) is 48.0. The summed E-state index contributed by atoms with van der Waals surface area (Å²) in [6.07, 6.45) is 9.73. The molecule has 10 aliphatic heterocycles. The zero-order valence-electron chi connectivity index (χ0n) is 48.0. The number of alkyl halides is 4. The molecule has 14 rings (SSSR count). The Morgan fingerprint density at radius 3 is 1.86 bits per heavy atom. The number of aryl methyl sites for hydroxylation is 2. The summed E-state index contributed by atoms with van der Waals surface area (Å²) in [5.74, 6) is 0.926. The highest BCUT2D eigenvalue weighted by Crippen LogP contribution is 2.50. The van der Waals surface area contributed by atoms with Crippen molar-refractivity contribution in [3.05, 3.63) is 100 Å². The van der Waals surface area contributed by atoms with E-state index in [4.69, 9.17) is 24.0 Å². The number of fused-ring (bicyclic) bond motifs is 10. The van der Waals surface area contributed by atoms with E-state index in [2.05, 4.69) is 46.1 Å². The maximum Gasteiger partial charge on any atom is 0.281 e. The molecular weight excluding hydrogens is 1090 g/mol. The summed E-state index contributed by atoms with van der Waals surface area (Å²) in [5, 5.41) is 9.42. The molecule has 84 heavy (non-hydrogen) atoms. The summed E-state index contributed by atoms with van der Waals surface area (Å²) >= 11 is 0. The van der Waals surface area contributed by atoms with Crippen LogP contribution >= 0.6 is 0 Å². The second kappa shape index (κ2) is 21.8. The fourth-order valence-electron chi connectivity index (χ4n) is 15.4. The highest BCUT2D eigenvalue weighted by atomic mass is 19.3. The van der Waals surface area contributed by atoms with Crippen molar-refractivity contribution in [3.63, 3.8) is 0 Å². The van der Waals surface area contributed by atoms with E-state index in [1.165, 1.54) is 6.08 Å². The number of pyridine rings is 2. The fraction of sp³-hybridized carbons (Fsp3) is 0.600. The Morgan fingerprint density at radius 2 is 1.27 bits per heavy atom. The van der Waals surface area contributed by atoms with Crippen LogP contribution in [0.1, 0.15) is 89.2 Å². The van der Waals surface area contributed by atoms with Crippen LogP contribution in [0.2, 0.25) is 0 Å². The largest absolute Gasteiger partial charge is 0.382 e. The SMILES string of the molecule is C=CC(=O)N1CCN([C@@H]2CN3c4cc(N5CC6(C5)OCC(COC/C=C/C(=O)N5CCN(C7CN8c9cc(N%10CC%11(C%10)OCC(COC)n%10ncc(C)c%10%11)nc(C(F)F)c9CCCC78)CC5)n5ncc(C)c56)nc(C(F)F)c4C=CCC23)CC1.